The number of aromatic hydroxyl groups is 1. The van der Waals surface area contributed by atoms with Crippen LogP contribution in [0.3, 0.4) is 0 Å². The summed E-state index contributed by atoms with van der Waals surface area (Å²) in [6, 6.07) is 19.1. The van der Waals surface area contributed by atoms with Gasteiger partial charge in [-0.1, -0.05) is 55.5 Å². The maximum Gasteiger partial charge on any atom is 0.338 e. The number of likely N-dealkylation sites (tertiary alicyclic amines) is 1. The van der Waals surface area contributed by atoms with Crippen LogP contribution < -0.4 is 0 Å². The zero-order chi connectivity index (χ0) is 25.8. The van der Waals surface area contributed by atoms with Crippen molar-refractivity contribution in [1.82, 2.24) is 4.90 Å². The van der Waals surface area contributed by atoms with Crippen LogP contribution in [0.2, 0.25) is 0 Å². The number of aliphatic hydroxyl groups is 1. The molecule has 0 radical (unpaired) electrons. The van der Waals surface area contributed by atoms with Gasteiger partial charge in [0, 0.05) is 12.1 Å². The highest BCUT2D eigenvalue weighted by Crippen LogP contribution is 2.40. The average molecular weight is 486 g/mol. The molecular weight excluding hydrogens is 458 g/mol. The Morgan fingerprint density at radius 2 is 1.44 bits per heavy atom. The van der Waals surface area contributed by atoms with E-state index in [2.05, 4.69) is 0 Å². The third-order valence-corrected chi connectivity index (χ3v) is 6.20. The van der Waals surface area contributed by atoms with Crippen molar-refractivity contribution in [3.05, 3.63) is 106 Å². The minimum atomic E-state index is -0.860. The number of carbonyl (C=O) groups excluding carboxylic acids is 3. The summed E-state index contributed by atoms with van der Waals surface area (Å²) in [4.78, 5) is 39.7. The lowest BCUT2D eigenvalue weighted by Gasteiger charge is -2.25. The lowest BCUT2D eigenvalue weighted by atomic mass is 9.94. The molecule has 1 aliphatic rings. The first-order valence-electron chi connectivity index (χ1n) is 11.8. The monoisotopic (exact) mass is 485 g/mol. The van der Waals surface area contributed by atoms with E-state index in [0.29, 0.717) is 22.3 Å². The van der Waals surface area contributed by atoms with E-state index in [9.17, 15) is 24.6 Å². The van der Waals surface area contributed by atoms with E-state index in [0.717, 1.165) is 12.0 Å². The topological polar surface area (TPSA) is 104 Å². The summed E-state index contributed by atoms with van der Waals surface area (Å²) >= 11 is 0. The van der Waals surface area contributed by atoms with Crippen LogP contribution in [-0.2, 0) is 27.3 Å². The number of carbonyl (C=O) groups is 3. The summed E-state index contributed by atoms with van der Waals surface area (Å²) in [5.74, 6) is -2.18. The minimum Gasteiger partial charge on any atom is -0.508 e. The number of aryl methyl sites for hydroxylation is 1. The van der Waals surface area contributed by atoms with Gasteiger partial charge < -0.3 is 19.8 Å². The van der Waals surface area contributed by atoms with Crippen LogP contribution in [0, 0.1) is 0 Å². The molecule has 1 aliphatic heterocycles. The zero-order valence-corrected chi connectivity index (χ0v) is 20.1. The molecule has 3 aromatic rings. The Morgan fingerprint density at radius 3 is 2.03 bits per heavy atom. The van der Waals surface area contributed by atoms with E-state index in [1.807, 2.05) is 19.1 Å². The van der Waals surface area contributed by atoms with Crippen molar-refractivity contribution >= 4 is 23.4 Å². The second-order valence-corrected chi connectivity index (χ2v) is 8.49. The molecule has 0 spiro atoms. The Hall–Kier alpha value is -4.39. The number of aliphatic hydroxyl groups excluding tert-OH is 1. The summed E-state index contributed by atoms with van der Waals surface area (Å²) in [6.45, 7) is 4.08. The third-order valence-electron chi connectivity index (χ3n) is 6.20. The fourth-order valence-corrected chi connectivity index (χ4v) is 4.26. The highest BCUT2D eigenvalue weighted by atomic mass is 16.5. The Balaban J connectivity index is 1.75. The Labute approximate surface area is 209 Å². The van der Waals surface area contributed by atoms with Crippen molar-refractivity contribution in [2.24, 2.45) is 0 Å². The minimum absolute atomic E-state index is 0.0157. The Kier molecular flexibility index (Phi) is 7.20. The molecule has 3 aromatic carbocycles. The van der Waals surface area contributed by atoms with Gasteiger partial charge in [-0.3, -0.25) is 9.59 Å². The van der Waals surface area contributed by atoms with Crippen molar-refractivity contribution in [3.63, 3.8) is 0 Å². The van der Waals surface area contributed by atoms with Gasteiger partial charge in [-0.05, 0) is 54.3 Å². The number of esters is 1. The van der Waals surface area contributed by atoms with Crippen molar-refractivity contribution in [2.45, 2.75) is 32.9 Å². The van der Waals surface area contributed by atoms with Crippen LogP contribution in [0.1, 0.15) is 52.5 Å². The molecule has 7 heteroatoms. The molecule has 184 valence electrons. The highest BCUT2D eigenvalue weighted by molar-refractivity contribution is 6.46. The van der Waals surface area contributed by atoms with Crippen LogP contribution in [-0.4, -0.2) is 39.4 Å². The number of hydrogen-bond acceptors (Lipinski definition) is 6. The van der Waals surface area contributed by atoms with Gasteiger partial charge in [-0.25, -0.2) is 4.79 Å². The first-order valence-corrected chi connectivity index (χ1v) is 11.8. The number of hydrogen-bond donors (Lipinski definition) is 2. The molecule has 7 nitrogen and oxygen atoms in total. The molecule has 0 bridgehead atoms. The smallest absolute Gasteiger partial charge is 0.338 e. The van der Waals surface area contributed by atoms with Crippen LogP contribution in [0.5, 0.6) is 5.75 Å². The normalized spacial score (nSPS) is 16.8. The molecule has 1 atom stereocenters. The fraction of sp³-hybridized carbons (Fsp3) is 0.207. The maximum atomic E-state index is 13.2. The van der Waals surface area contributed by atoms with E-state index >= 15 is 0 Å². The number of benzene rings is 3. The zero-order valence-electron chi connectivity index (χ0n) is 20.1. The second-order valence-electron chi connectivity index (χ2n) is 8.49. The highest BCUT2D eigenvalue weighted by Gasteiger charge is 2.46. The summed E-state index contributed by atoms with van der Waals surface area (Å²) in [5, 5.41) is 20.9. The summed E-state index contributed by atoms with van der Waals surface area (Å²) in [5.41, 5.74) is 3.15. The van der Waals surface area contributed by atoms with Gasteiger partial charge in [-0.2, -0.15) is 0 Å². The largest absolute Gasteiger partial charge is 0.508 e. The van der Waals surface area contributed by atoms with Gasteiger partial charge in [0.2, 0.25) is 0 Å². The van der Waals surface area contributed by atoms with E-state index < -0.39 is 23.7 Å². The number of nitrogens with zero attached hydrogens (tertiary/aromatic N) is 1. The second kappa shape index (κ2) is 10.5. The Morgan fingerprint density at radius 1 is 0.861 bits per heavy atom. The van der Waals surface area contributed by atoms with Crippen molar-refractivity contribution in [3.8, 4) is 5.75 Å². The molecule has 0 aliphatic carbocycles. The van der Waals surface area contributed by atoms with Gasteiger partial charge in [0.1, 0.15) is 11.5 Å². The van der Waals surface area contributed by atoms with Gasteiger partial charge in [0.05, 0.1) is 23.8 Å². The Bertz CT molecular complexity index is 1310. The summed E-state index contributed by atoms with van der Waals surface area (Å²) in [7, 11) is 0. The van der Waals surface area contributed by atoms with Gasteiger partial charge >= 0.3 is 5.97 Å². The van der Waals surface area contributed by atoms with Crippen LogP contribution >= 0.6 is 0 Å². The third kappa shape index (κ3) is 4.86. The van der Waals surface area contributed by atoms with E-state index in [1.54, 1.807) is 55.5 Å². The molecule has 1 fully saturated rings. The molecule has 1 unspecified atom stereocenters. The van der Waals surface area contributed by atoms with E-state index in [-0.39, 0.29) is 30.2 Å². The van der Waals surface area contributed by atoms with Gasteiger partial charge in [-0.15, -0.1) is 0 Å². The predicted octanol–water partition coefficient (Wildman–Crippen LogP) is 4.75. The lowest BCUT2D eigenvalue weighted by Crippen LogP contribution is -2.29. The number of Topliss-reactive ketones (excluding diaryl/α,β-unsaturated/α-hetero) is 1. The van der Waals surface area contributed by atoms with Crippen LogP contribution in [0.15, 0.2) is 78.4 Å². The number of ether oxygens (including phenoxy) is 1. The van der Waals surface area contributed by atoms with Crippen molar-refractivity contribution in [2.75, 3.05) is 6.61 Å². The summed E-state index contributed by atoms with van der Waals surface area (Å²) in [6.07, 6.45) is 0.827. The number of rotatable bonds is 7. The number of ketones is 1. The van der Waals surface area contributed by atoms with Gasteiger partial charge in [0.25, 0.3) is 11.7 Å². The molecule has 2 N–H and O–H groups in total. The fourth-order valence-electron chi connectivity index (χ4n) is 4.26. The molecule has 0 aromatic heterocycles. The maximum absolute atomic E-state index is 13.2. The molecule has 1 amide bonds. The first kappa shape index (κ1) is 24.7. The number of phenols is 1. The van der Waals surface area contributed by atoms with Crippen LogP contribution in [0.4, 0.5) is 0 Å². The lowest BCUT2D eigenvalue weighted by molar-refractivity contribution is -0.140. The average Bonchev–Trinajstić information content (AvgIpc) is 3.14. The molecule has 0 saturated carbocycles. The predicted molar refractivity (Wildman–Crippen MR) is 134 cm³/mol. The number of amides is 1. The van der Waals surface area contributed by atoms with Gasteiger partial charge in [0.15, 0.2) is 0 Å². The first-order chi connectivity index (χ1) is 17.3. The number of phenolic OH excluding ortho intramolecular Hbond substituents is 1. The standard InChI is InChI=1S/C29H27NO6/c1-3-18-5-9-21(10-6-18)26(32)24-25(20-13-15-23(31)16-14-20)30(28(34)27(24)33)17-19-7-11-22(12-8-19)29(35)36-4-2/h5-16,25,31-32H,3-4,17H2,1-2H3/b26-24+. The van der Waals surface area contributed by atoms with E-state index in [1.165, 1.54) is 17.0 Å². The SMILES string of the molecule is CCOC(=O)c1ccc(CN2C(=O)C(=O)/C(=C(/O)c3ccc(CC)cc3)C2c2ccc(O)cc2)cc1. The molecule has 1 heterocycles. The molecule has 1 saturated heterocycles. The molecular formula is C29H27NO6. The quantitative estimate of drug-likeness (QED) is 0.217. The molecule has 36 heavy (non-hydrogen) atoms. The van der Waals surface area contributed by atoms with Crippen molar-refractivity contribution in [1.29, 1.82) is 0 Å². The summed E-state index contributed by atoms with van der Waals surface area (Å²) < 4.78 is 5.01. The molecule has 4 rings (SSSR count). The van der Waals surface area contributed by atoms with Crippen LogP contribution in [0.25, 0.3) is 5.76 Å². The van der Waals surface area contributed by atoms with E-state index in [4.69, 9.17) is 4.74 Å². The van der Waals surface area contributed by atoms with Crippen molar-refractivity contribution < 1.29 is 29.3 Å².